The number of hydrogen-bond acceptors (Lipinski definition) is 4. The molecule has 2 N–H and O–H groups in total. The van der Waals surface area contributed by atoms with E-state index in [4.69, 9.17) is 14.6 Å². The third-order valence-corrected chi connectivity index (χ3v) is 3.30. The molecule has 1 aliphatic carbocycles. The molecule has 1 aliphatic rings. The lowest BCUT2D eigenvalue weighted by atomic mass is 10.0. The van der Waals surface area contributed by atoms with E-state index in [0.717, 1.165) is 12.8 Å². The van der Waals surface area contributed by atoms with Crippen LogP contribution in [0.15, 0.2) is 0 Å². The van der Waals surface area contributed by atoms with Crippen LogP contribution in [0, 0.1) is 5.92 Å². The largest absolute Gasteiger partial charge is 0.481 e. The van der Waals surface area contributed by atoms with Crippen LogP contribution in [0.4, 0.5) is 0 Å². The molecular formula is C13H23NO5. The van der Waals surface area contributed by atoms with E-state index in [-0.39, 0.29) is 11.9 Å². The maximum absolute atomic E-state index is 11.7. The zero-order valence-electron chi connectivity index (χ0n) is 11.4. The molecule has 0 aromatic heterocycles. The minimum Gasteiger partial charge on any atom is -0.481 e. The third-order valence-electron chi connectivity index (χ3n) is 3.30. The fourth-order valence-electron chi connectivity index (χ4n) is 2.29. The number of carboxylic acids is 1. The number of nitrogens with one attached hydrogen (secondary N) is 1. The summed E-state index contributed by atoms with van der Waals surface area (Å²) >= 11 is 0. The fraction of sp³-hybridized carbons (Fsp3) is 0.846. The molecular weight excluding hydrogens is 250 g/mol. The van der Waals surface area contributed by atoms with Crippen molar-refractivity contribution in [3.63, 3.8) is 0 Å². The van der Waals surface area contributed by atoms with E-state index in [0.29, 0.717) is 39.1 Å². The topological polar surface area (TPSA) is 84.9 Å². The molecule has 6 heteroatoms. The molecule has 19 heavy (non-hydrogen) atoms. The molecule has 6 nitrogen and oxygen atoms in total. The van der Waals surface area contributed by atoms with E-state index in [1.54, 1.807) is 7.11 Å². The summed E-state index contributed by atoms with van der Waals surface area (Å²) in [6.07, 6.45) is 3.28. The Morgan fingerprint density at radius 3 is 2.74 bits per heavy atom. The Kier molecular flexibility index (Phi) is 7.43. The Labute approximate surface area is 113 Å². The van der Waals surface area contributed by atoms with Gasteiger partial charge in [-0.2, -0.15) is 0 Å². The van der Waals surface area contributed by atoms with Crippen molar-refractivity contribution in [1.29, 1.82) is 0 Å². The summed E-state index contributed by atoms with van der Waals surface area (Å²) in [5.74, 6) is -1.33. The SMILES string of the molecule is COCCOCCCC(=O)N[C@@H]1CCC[C@@H]1C(=O)O. The molecule has 0 radical (unpaired) electrons. The Balaban J connectivity index is 2.12. The summed E-state index contributed by atoms with van der Waals surface area (Å²) in [5, 5.41) is 11.8. The van der Waals surface area contributed by atoms with Gasteiger partial charge in [-0.3, -0.25) is 9.59 Å². The molecule has 0 aromatic rings. The zero-order chi connectivity index (χ0) is 14.1. The number of methoxy groups -OCH3 is 1. The zero-order valence-corrected chi connectivity index (χ0v) is 11.4. The first-order chi connectivity index (χ1) is 9.15. The Bertz CT molecular complexity index is 295. The number of ether oxygens (including phenoxy) is 2. The van der Waals surface area contributed by atoms with Crippen LogP contribution in [0.1, 0.15) is 32.1 Å². The highest BCUT2D eigenvalue weighted by Gasteiger charge is 2.33. The van der Waals surface area contributed by atoms with Crippen molar-refractivity contribution in [3.8, 4) is 0 Å². The van der Waals surface area contributed by atoms with E-state index in [1.807, 2.05) is 0 Å². The van der Waals surface area contributed by atoms with Crippen molar-refractivity contribution in [2.75, 3.05) is 26.9 Å². The Morgan fingerprint density at radius 2 is 2.05 bits per heavy atom. The molecule has 0 saturated heterocycles. The molecule has 0 spiro atoms. The van der Waals surface area contributed by atoms with Crippen LogP contribution in [-0.4, -0.2) is 50.0 Å². The van der Waals surface area contributed by atoms with Crippen molar-refractivity contribution >= 4 is 11.9 Å². The van der Waals surface area contributed by atoms with Gasteiger partial charge in [0.1, 0.15) is 0 Å². The van der Waals surface area contributed by atoms with Gasteiger partial charge >= 0.3 is 5.97 Å². The predicted molar refractivity (Wildman–Crippen MR) is 68.8 cm³/mol. The average Bonchev–Trinajstić information content (AvgIpc) is 2.81. The summed E-state index contributed by atoms with van der Waals surface area (Å²) in [5.41, 5.74) is 0. The second-order valence-corrected chi connectivity index (χ2v) is 4.76. The second kappa shape index (κ2) is 8.87. The van der Waals surface area contributed by atoms with Gasteiger partial charge in [-0.1, -0.05) is 6.42 Å². The molecule has 1 rings (SSSR count). The maximum atomic E-state index is 11.7. The Morgan fingerprint density at radius 1 is 1.26 bits per heavy atom. The van der Waals surface area contributed by atoms with Gasteiger partial charge in [0.05, 0.1) is 19.1 Å². The van der Waals surface area contributed by atoms with Gasteiger partial charge in [-0.05, 0) is 19.3 Å². The van der Waals surface area contributed by atoms with Crippen molar-refractivity contribution < 1.29 is 24.2 Å². The maximum Gasteiger partial charge on any atom is 0.308 e. The van der Waals surface area contributed by atoms with E-state index in [9.17, 15) is 9.59 Å². The summed E-state index contributed by atoms with van der Waals surface area (Å²) in [7, 11) is 1.61. The molecule has 0 aromatic carbocycles. The van der Waals surface area contributed by atoms with Gasteiger partial charge in [-0.25, -0.2) is 0 Å². The van der Waals surface area contributed by atoms with Crippen LogP contribution in [0.5, 0.6) is 0 Å². The molecule has 0 unspecified atom stereocenters. The standard InChI is InChI=1S/C13H23NO5/c1-18-8-9-19-7-3-6-12(15)14-11-5-2-4-10(11)13(16)17/h10-11H,2-9H2,1H3,(H,14,15)(H,16,17)/t10-,11+/m0/s1. The van der Waals surface area contributed by atoms with Gasteiger partial charge in [0, 0.05) is 26.2 Å². The van der Waals surface area contributed by atoms with Crippen LogP contribution < -0.4 is 5.32 Å². The molecule has 0 heterocycles. The summed E-state index contributed by atoms with van der Waals surface area (Å²) in [4.78, 5) is 22.6. The van der Waals surface area contributed by atoms with Gasteiger partial charge in [0.15, 0.2) is 0 Å². The summed E-state index contributed by atoms with van der Waals surface area (Å²) in [6.45, 7) is 1.60. The van der Waals surface area contributed by atoms with Crippen molar-refractivity contribution in [2.24, 2.45) is 5.92 Å². The van der Waals surface area contributed by atoms with E-state index in [2.05, 4.69) is 5.32 Å². The molecule has 2 atom stereocenters. The quantitative estimate of drug-likeness (QED) is 0.607. The number of aliphatic carboxylic acids is 1. The predicted octanol–water partition coefficient (Wildman–Crippen LogP) is 0.799. The fourth-order valence-corrected chi connectivity index (χ4v) is 2.29. The lowest BCUT2D eigenvalue weighted by Crippen LogP contribution is -2.40. The highest BCUT2D eigenvalue weighted by atomic mass is 16.5. The summed E-state index contributed by atoms with van der Waals surface area (Å²) < 4.78 is 10.1. The van der Waals surface area contributed by atoms with Gasteiger partial charge in [-0.15, -0.1) is 0 Å². The van der Waals surface area contributed by atoms with Gasteiger partial charge < -0.3 is 19.9 Å². The van der Waals surface area contributed by atoms with Gasteiger partial charge in [0.25, 0.3) is 0 Å². The minimum absolute atomic E-state index is 0.0894. The number of carboxylic acid groups (broad SMARTS) is 1. The molecule has 0 aliphatic heterocycles. The lowest BCUT2D eigenvalue weighted by Gasteiger charge is -2.17. The lowest BCUT2D eigenvalue weighted by molar-refractivity contribution is -0.142. The first kappa shape index (κ1) is 15.9. The van der Waals surface area contributed by atoms with Crippen LogP contribution in [0.3, 0.4) is 0 Å². The molecule has 110 valence electrons. The van der Waals surface area contributed by atoms with Crippen LogP contribution in [0.25, 0.3) is 0 Å². The normalized spacial score (nSPS) is 22.4. The van der Waals surface area contributed by atoms with E-state index >= 15 is 0 Å². The monoisotopic (exact) mass is 273 g/mol. The van der Waals surface area contributed by atoms with Crippen molar-refractivity contribution in [1.82, 2.24) is 5.32 Å². The van der Waals surface area contributed by atoms with E-state index in [1.165, 1.54) is 0 Å². The van der Waals surface area contributed by atoms with Crippen molar-refractivity contribution in [3.05, 3.63) is 0 Å². The Hall–Kier alpha value is -1.14. The van der Waals surface area contributed by atoms with Crippen LogP contribution in [0.2, 0.25) is 0 Å². The van der Waals surface area contributed by atoms with Crippen molar-refractivity contribution in [2.45, 2.75) is 38.1 Å². The number of rotatable bonds is 9. The second-order valence-electron chi connectivity index (χ2n) is 4.76. The third kappa shape index (κ3) is 6.02. The number of hydrogen-bond donors (Lipinski definition) is 2. The molecule has 1 fully saturated rings. The highest BCUT2D eigenvalue weighted by Crippen LogP contribution is 2.25. The number of amides is 1. The molecule has 1 amide bonds. The van der Waals surface area contributed by atoms with Gasteiger partial charge in [0.2, 0.25) is 5.91 Å². The highest BCUT2D eigenvalue weighted by molar-refractivity contribution is 5.78. The number of carbonyl (C=O) groups is 2. The van der Waals surface area contributed by atoms with E-state index < -0.39 is 11.9 Å². The first-order valence-corrected chi connectivity index (χ1v) is 6.74. The minimum atomic E-state index is -0.814. The number of carbonyl (C=O) groups excluding carboxylic acids is 1. The van der Waals surface area contributed by atoms with Crippen LogP contribution >= 0.6 is 0 Å². The average molecular weight is 273 g/mol. The molecule has 1 saturated carbocycles. The summed E-state index contributed by atoms with van der Waals surface area (Å²) in [6, 6.07) is -0.209. The van der Waals surface area contributed by atoms with Crippen LogP contribution in [-0.2, 0) is 19.1 Å². The molecule has 0 bridgehead atoms. The smallest absolute Gasteiger partial charge is 0.308 e. The first-order valence-electron chi connectivity index (χ1n) is 6.74.